The van der Waals surface area contributed by atoms with Gasteiger partial charge < -0.3 is 15.7 Å². The smallest absolute Gasteiger partial charge is 0.315 e. The average Bonchev–Trinajstić information content (AvgIpc) is 2.64. The van der Waals surface area contributed by atoms with Gasteiger partial charge in [-0.2, -0.15) is 0 Å². The Balaban J connectivity index is 2.00. The van der Waals surface area contributed by atoms with Crippen molar-refractivity contribution in [3.63, 3.8) is 0 Å². The number of nitro benzene ring substituents is 1. The van der Waals surface area contributed by atoms with Crippen LogP contribution in [0.5, 0.6) is 0 Å². The van der Waals surface area contributed by atoms with E-state index in [-0.39, 0.29) is 30.9 Å². The predicted octanol–water partition coefficient (Wildman–Crippen LogP) is 3.04. The molecule has 25 heavy (non-hydrogen) atoms. The van der Waals surface area contributed by atoms with Gasteiger partial charge in [0.1, 0.15) is 0 Å². The predicted molar refractivity (Wildman–Crippen MR) is 93.9 cm³/mol. The second kappa shape index (κ2) is 8.79. The van der Waals surface area contributed by atoms with Gasteiger partial charge >= 0.3 is 6.03 Å². The van der Waals surface area contributed by atoms with Crippen molar-refractivity contribution < 1.29 is 14.8 Å². The van der Waals surface area contributed by atoms with Gasteiger partial charge in [-0.25, -0.2) is 4.79 Å². The van der Waals surface area contributed by atoms with Crippen molar-refractivity contribution >= 4 is 11.7 Å². The molecular weight excluding hydrogens is 322 g/mol. The molecule has 1 unspecified atom stereocenters. The van der Waals surface area contributed by atoms with Crippen LogP contribution >= 0.6 is 0 Å². The number of benzene rings is 2. The zero-order chi connectivity index (χ0) is 18.2. The number of carbonyl (C=O) groups excluding carboxylic acids is 1. The zero-order valence-corrected chi connectivity index (χ0v) is 13.9. The first-order valence-electron chi connectivity index (χ1n) is 8.01. The van der Waals surface area contributed by atoms with Gasteiger partial charge in [-0.15, -0.1) is 0 Å². The molecule has 2 aromatic carbocycles. The highest BCUT2D eigenvalue weighted by Crippen LogP contribution is 2.21. The van der Waals surface area contributed by atoms with Gasteiger partial charge in [0.15, 0.2) is 0 Å². The van der Waals surface area contributed by atoms with Gasteiger partial charge in [0, 0.05) is 18.7 Å². The lowest BCUT2D eigenvalue weighted by molar-refractivity contribution is -0.384. The number of rotatable bonds is 7. The maximum atomic E-state index is 12.2. The molecule has 0 saturated carbocycles. The van der Waals surface area contributed by atoms with E-state index in [0.717, 1.165) is 11.1 Å². The highest BCUT2D eigenvalue weighted by Gasteiger charge is 2.15. The number of hydrogen-bond donors (Lipinski definition) is 3. The normalized spacial score (nSPS) is 11.6. The number of nitro groups is 1. The monoisotopic (exact) mass is 343 g/mol. The molecule has 0 aliphatic rings. The summed E-state index contributed by atoms with van der Waals surface area (Å²) in [7, 11) is 0. The Hall–Kier alpha value is -2.93. The van der Waals surface area contributed by atoms with Gasteiger partial charge in [-0.3, -0.25) is 10.1 Å². The second-order valence-corrected chi connectivity index (χ2v) is 5.57. The van der Waals surface area contributed by atoms with Gasteiger partial charge in [0.25, 0.3) is 5.69 Å². The maximum Gasteiger partial charge on any atom is 0.315 e. The largest absolute Gasteiger partial charge is 0.392 e. The summed E-state index contributed by atoms with van der Waals surface area (Å²) in [5.74, 6) is 0. The molecule has 7 heteroatoms. The second-order valence-electron chi connectivity index (χ2n) is 5.57. The summed E-state index contributed by atoms with van der Waals surface area (Å²) in [6.45, 7) is 2.09. The van der Waals surface area contributed by atoms with Crippen molar-refractivity contribution in [1.29, 1.82) is 0 Å². The molecule has 1 atom stereocenters. The third-order valence-electron chi connectivity index (χ3n) is 3.93. The molecule has 0 bridgehead atoms. The molecule has 0 spiro atoms. The fourth-order valence-corrected chi connectivity index (χ4v) is 2.55. The topological polar surface area (TPSA) is 104 Å². The minimum atomic E-state index is -0.456. The van der Waals surface area contributed by atoms with Crippen molar-refractivity contribution in [2.45, 2.75) is 32.5 Å². The molecule has 2 aromatic rings. The number of urea groups is 1. The van der Waals surface area contributed by atoms with Gasteiger partial charge in [0.05, 0.1) is 17.6 Å². The molecular formula is C18H21N3O4. The van der Waals surface area contributed by atoms with Crippen LogP contribution in [0.2, 0.25) is 0 Å². The summed E-state index contributed by atoms with van der Waals surface area (Å²) >= 11 is 0. The highest BCUT2D eigenvalue weighted by molar-refractivity contribution is 5.74. The fraction of sp³-hybridized carbons (Fsp3) is 0.278. The van der Waals surface area contributed by atoms with Crippen molar-refractivity contribution in [2.75, 3.05) is 0 Å². The molecule has 2 amide bonds. The van der Waals surface area contributed by atoms with Crippen LogP contribution in [0.3, 0.4) is 0 Å². The Labute approximate surface area is 145 Å². The lowest BCUT2D eigenvalue weighted by atomic mass is 10.0. The maximum absolute atomic E-state index is 12.2. The molecule has 0 radical (unpaired) electrons. The molecule has 3 N–H and O–H groups in total. The minimum absolute atomic E-state index is 0.00460. The van der Waals surface area contributed by atoms with Crippen LogP contribution in [0, 0.1) is 10.1 Å². The van der Waals surface area contributed by atoms with Gasteiger partial charge in [-0.05, 0) is 23.1 Å². The minimum Gasteiger partial charge on any atom is -0.392 e. The van der Waals surface area contributed by atoms with Crippen molar-refractivity contribution in [3.05, 3.63) is 75.3 Å². The van der Waals surface area contributed by atoms with Crippen molar-refractivity contribution in [2.24, 2.45) is 0 Å². The molecule has 0 saturated heterocycles. The summed E-state index contributed by atoms with van der Waals surface area (Å²) < 4.78 is 0. The number of nitrogens with one attached hydrogen (secondary N) is 2. The molecule has 132 valence electrons. The van der Waals surface area contributed by atoms with Gasteiger partial charge in [-0.1, -0.05) is 43.3 Å². The van der Waals surface area contributed by atoms with Crippen LogP contribution in [0.15, 0.2) is 48.5 Å². The van der Waals surface area contributed by atoms with E-state index in [0.29, 0.717) is 12.0 Å². The van der Waals surface area contributed by atoms with E-state index in [9.17, 15) is 20.0 Å². The number of nitrogens with zero attached hydrogens (tertiary/aromatic N) is 1. The molecule has 7 nitrogen and oxygen atoms in total. The summed E-state index contributed by atoms with van der Waals surface area (Å²) in [6.07, 6.45) is 0.599. The van der Waals surface area contributed by atoms with E-state index < -0.39 is 4.92 Å². The summed E-state index contributed by atoms with van der Waals surface area (Å²) in [5, 5.41) is 25.8. The molecule has 0 aromatic heterocycles. The number of amides is 2. The Kier molecular flexibility index (Phi) is 6.47. The molecule has 0 fully saturated rings. The molecule has 2 rings (SSSR count). The van der Waals surface area contributed by atoms with Crippen LogP contribution in [0.4, 0.5) is 10.5 Å². The lowest BCUT2D eigenvalue weighted by Crippen LogP contribution is -2.37. The lowest BCUT2D eigenvalue weighted by Gasteiger charge is -2.18. The van der Waals surface area contributed by atoms with Crippen LogP contribution in [-0.2, 0) is 13.2 Å². The number of aliphatic hydroxyl groups excluding tert-OH is 1. The standard InChI is InChI=1S/C18H21N3O4/c1-2-17(13-8-5-9-16(10-13)21(24)25)20-18(23)19-11-14-6-3-4-7-15(14)12-22/h3-10,17,22H,2,11-12H2,1H3,(H2,19,20,23). The molecule has 0 heterocycles. The first kappa shape index (κ1) is 18.4. The van der Waals surface area contributed by atoms with Gasteiger partial charge in [0.2, 0.25) is 0 Å². The van der Waals surface area contributed by atoms with E-state index in [1.807, 2.05) is 25.1 Å². The zero-order valence-electron chi connectivity index (χ0n) is 13.9. The summed E-state index contributed by atoms with van der Waals surface area (Å²) in [6, 6.07) is 12.8. The highest BCUT2D eigenvalue weighted by atomic mass is 16.6. The third-order valence-corrected chi connectivity index (χ3v) is 3.93. The van der Waals surface area contributed by atoms with Crippen LogP contribution < -0.4 is 10.6 Å². The quantitative estimate of drug-likeness (QED) is 0.531. The Morgan fingerprint density at radius 3 is 2.56 bits per heavy atom. The van der Waals surface area contributed by atoms with E-state index in [1.54, 1.807) is 18.2 Å². The number of aliphatic hydroxyl groups is 1. The fourth-order valence-electron chi connectivity index (χ4n) is 2.55. The van der Waals surface area contributed by atoms with Crippen LogP contribution in [0.25, 0.3) is 0 Å². The van der Waals surface area contributed by atoms with Crippen LogP contribution in [-0.4, -0.2) is 16.1 Å². The average molecular weight is 343 g/mol. The van der Waals surface area contributed by atoms with Crippen LogP contribution in [0.1, 0.15) is 36.1 Å². The number of carbonyl (C=O) groups is 1. The Bertz CT molecular complexity index is 749. The number of non-ortho nitro benzene ring substituents is 1. The Morgan fingerprint density at radius 2 is 1.92 bits per heavy atom. The van der Waals surface area contributed by atoms with E-state index >= 15 is 0 Å². The molecule has 0 aliphatic heterocycles. The number of hydrogen-bond acceptors (Lipinski definition) is 4. The van der Waals surface area contributed by atoms with E-state index in [1.165, 1.54) is 12.1 Å². The SMILES string of the molecule is CCC(NC(=O)NCc1ccccc1CO)c1cccc([N+](=O)[O-])c1. The molecule has 0 aliphatic carbocycles. The van der Waals surface area contributed by atoms with E-state index in [4.69, 9.17) is 0 Å². The first-order valence-corrected chi connectivity index (χ1v) is 8.01. The summed E-state index contributed by atoms with van der Waals surface area (Å²) in [4.78, 5) is 22.6. The van der Waals surface area contributed by atoms with Crippen molar-refractivity contribution in [1.82, 2.24) is 10.6 Å². The third kappa shape index (κ3) is 5.02. The summed E-state index contributed by atoms with van der Waals surface area (Å²) in [5.41, 5.74) is 2.27. The first-order chi connectivity index (χ1) is 12.0. The Morgan fingerprint density at radius 1 is 1.20 bits per heavy atom. The van der Waals surface area contributed by atoms with Crippen molar-refractivity contribution in [3.8, 4) is 0 Å². The van der Waals surface area contributed by atoms with E-state index in [2.05, 4.69) is 10.6 Å².